The van der Waals surface area contributed by atoms with Crippen molar-refractivity contribution in [2.45, 2.75) is 58.5 Å². The van der Waals surface area contributed by atoms with Crippen LogP contribution in [-0.4, -0.2) is 39.9 Å². The zero-order valence-corrected chi connectivity index (χ0v) is 21.0. The van der Waals surface area contributed by atoms with Crippen molar-refractivity contribution >= 4 is 45.2 Å². The van der Waals surface area contributed by atoms with Crippen LogP contribution in [0.2, 0.25) is 0 Å². The number of fused-ring (bicyclic) bond motifs is 1. The first-order valence-corrected chi connectivity index (χ1v) is 12.2. The zero-order valence-electron chi connectivity index (χ0n) is 19.4. The third-order valence-electron chi connectivity index (χ3n) is 4.88. The van der Waals surface area contributed by atoms with Gasteiger partial charge in [0.25, 0.3) is 0 Å². The van der Waals surface area contributed by atoms with Crippen molar-refractivity contribution in [3.05, 3.63) is 56.9 Å². The summed E-state index contributed by atoms with van der Waals surface area (Å²) in [5.41, 5.74) is 5.36. The molecule has 0 unspecified atom stereocenters. The predicted molar refractivity (Wildman–Crippen MR) is 135 cm³/mol. The van der Waals surface area contributed by atoms with Crippen molar-refractivity contribution < 1.29 is 19.7 Å². The van der Waals surface area contributed by atoms with Gasteiger partial charge >= 0.3 is 5.97 Å². The van der Waals surface area contributed by atoms with Crippen LogP contribution in [0.5, 0.6) is 0 Å². The monoisotopic (exact) mass is 490 g/mol. The number of aryl methyl sites for hydroxylation is 1. The number of aromatic nitrogens is 1. The lowest BCUT2D eigenvalue weighted by Gasteiger charge is -2.20. The predicted octanol–water partition coefficient (Wildman–Crippen LogP) is 5.48. The standard InChI is InChI=1S/C21H21ClN2O3S.C4H10O/c1-12-9-16-20(28-21(24-16)13-5-6-13)14(15(12)10-19(25)26)3-2-4-18-17(11-22)23-7-8-27-18;1-4(2,3)5/h2-4,9,11,13,23H,5-8,10H2,1H3,(H,25,26);5H,1-3H3/b3-2+,17-11-,18-4+;. The summed E-state index contributed by atoms with van der Waals surface area (Å²) >= 11 is 7.53. The highest BCUT2D eigenvalue weighted by molar-refractivity contribution is 7.19. The summed E-state index contributed by atoms with van der Waals surface area (Å²) < 4.78 is 6.71. The lowest BCUT2D eigenvalue weighted by Crippen LogP contribution is -2.26. The molecule has 2 aliphatic rings. The van der Waals surface area contributed by atoms with Crippen LogP contribution in [0.1, 0.15) is 61.2 Å². The van der Waals surface area contributed by atoms with Gasteiger partial charge in [0.05, 0.1) is 32.9 Å². The van der Waals surface area contributed by atoms with Crippen molar-refractivity contribution in [3.8, 4) is 0 Å². The summed E-state index contributed by atoms with van der Waals surface area (Å²) in [5.74, 6) is 0.399. The number of nitrogens with one attached hydrogen (secondary N) is 1. The molecule has 1 aliphatic heterocycles. The van der Waals surface area contributed by atoms with Crippen LogP contribution < -0.4 is 5.32 Å². The second-order valence-electron chi connectivity index (χ2n) is 9.19. The van der Waals surface area contributed by atoms with Crippen LogP contribution in [0.3, 0.4) is 0 Å². The van der Waals surface area contributed by atoms with Gasteiger partial charge in [0.15, 0.2) is 0 Å². The molecule has 0 bridgehead atoms. The van der Waals surface area contributed by atoms with Gasteiger partial charge in [0.1, 0.15) is 12.4 Å². The van der Waals surface area contributed by atoms with Gasteiger partial charge in [-0.25, -0.2) is 4.98 Å². The molecule has 1 aliphatic carbocycles. The molecule has 1 saturated heterocycles. The quantitative estimate of drug-likeness (QED) is 0.513. The van der Waals surface area contributed by atoms with Crippen molar-refractivity contribution in [1.29, 1.82) is 0 Å². The molecule has 33 heavy (non-hydrogen) atoms. The van der Waals surface area contributed by atoms with Gasteiger partial charge in [0, 0.05) is 18.0 Å². The lowest BCUT2D eigenvalue weighted by atomic mass is 9.98. The molecule has 178 valence electrons. The SMILES string of the molecule is CC(C)(C)O.Cc1cc2nc(C3CC3)sc2c(/C=C/C=C2/OCCN/C2=C\Cl)c1CC(=O)O. The maximum Gasteiger partial charge on any atom is 0.307 e. The van der Waals surface area contributed by atoms with Crippen molar-refractivity contribution in [3.63, 3.8) is 0 Å². The average Bonchev–Trinajstić information content (AvgIpc) is 3.49. The third kappa shape index (κ3) is 7.32. The number of hydrogen-bond acceptors (Lipinski definition) is 6. The Morgan fingerprint density at radius 1 is 1.39 bits per heavy atom. The zero-order chi connectivity index (χ0) is 24.2. The highest BCUT2D eigenvalue weighted by Gasteiger charge is 2.28. The number of hydrogen-bond donors (Lipinski definition) is 3. The van der Waals surface area contributed by atoms with Crippen molar-refractivity contribution in [2.24, 2.45) is 0 Å². The number of morpholine rings is 1. The number of aliphatic hydroxyl groups is 1. The minimum atomic E-state index is -0.838. The minimum Gasteiger partial charge on any atom is -0.490 e. The van der Waals surface area contributed by atoms with Crippen LogP contribution in [-0.2, 0) is 16.0 Å². The van der Waals surface area contributed by atoms with Crippen LogP contribution in [0.25, 0.3) is 16.3 Å². The molecule has 0 atom stereocenters. The number of carbonyl (C=O) groups is 1. The molecule has 0 spiro atoms. The number of carboxylic acid groups (broad SMARTS) is 1. The summed E-state index contributed by atoms with van der Waals surface area (Å²) in [6.45, 7) is 8.47. The molecule has 0 amide bonds. The fraction of sp³-hybridized carbons (Fsp3) is 0.440. The van der Waals surface area contributed by atoms with Crippen LogP contribution in [0.4, 0.5) is 0 Å². The molecule has 2 fully saturated rings. The second-order valence-corrected chi connectivity index (χ2v) is 10.4. The fourth-order valence-corrected chi connectivity index (χ4v) is 4.77. The van der Waals surface area contributed by atoms with E-state index in [0.717, 1.165) is 37.6 Å². The first kappa shape index (κ1) is 25.3. The second kappa shape index (κ2) is 10.7. The van der Waals surface area contributed by atoms with Gasteiger partial charge in [-0.15, -0.1) is 11.3 Å². The molecule has 6 nitrogen and oxygen atoms in total. The Bertz CT molecular complexity index is 1100. The fourth-order valence-electron chi connectivity index (χ4n) is 3.32. The molecular formula is C25H31ClN2O4S. The topological polar surface area (TPSA) is 91.7 Å². The van der Waals surface area contributed by atoms with E-state index in [4.69, 9.17) is 26.4 Å². The molecule has 2 heterocycles. The van der Waals surface area contributed by atoms with Gasteiger partial charge in [-0.1, -0.05) is 23.8 Å². The Labute approximate surface area is 203 Å². The summed E-state index contributed by atoms with van der Waals surface area (Å²) in [7, 11) is 0. The van der Waals surface area contributed by atoms with E-state index in [1.807, 2.05) is 31.2 Å². The van der Waals surface area contributed by atoms with Gasteiger partial charge in [-0.3, -0.25) is 4.79 Å². The van der Waals surface area contributed by atoms with Gasteiger partial charge in [-0.05, 0) is 69.4 Å². The summed E-state index contributed by atoms with van der Waals surface area (Å²) in [4.78, 5) is 16.2. The Hall–Kier alpha value is -2.35. The largest absolute Gasteiger partial charge is 0.490 e. The third-order valence-corrected chi connectivity index (χ3v) is 6.37. The minimum absolute atomic E-state index is 0.0143. The molecule has 3 N–H and O–H groups in total. The summed E-state index contributed by atoms with van der Waals surface area (Å²) in [6, 6.07) is 2.01. The van der Waals surface area contributed by atoms with Crippen LogP contribution in [0.15, 0.2) is 35.2 Å². The Balaban J connectivity index is 0.000000555. The number of aliphatic carboxylic acids is 1. The van der Waals surface area contributed by atoms with Gasteiger partial charge < -0.3 is 20.3 Å². The number of rotatable bonds is 5. The van der Waals surface area contributed by atoms with E-state index >= 15 is 0 Å². The highest BCUT2D eigenvalue weighted by atomic mass is 35.5. The van der Waals surface area contributed by atoms with E-state index < -0.39 is 11.6 Å². The average molecular weight is 491 g/mol. The summed E-state index contributed by atoms with van der Waals surface area (Å²) in [5, 5.41) is 22.2. The number of halogens is 1. The molecule has 0 radical (unpaired) electrons. The molecule has 2 aromatic rings. The Morgan fingerprint density at radius 2 is 2.09 bits per heavy atom. The maximum atomic E-state index is 11.4. The Kier molecular flexibility index (Phi) is 8.21. The van der Waals surface area contributed by atoms with E-state index in [1.54, 1.807) is 32.1 Å². The first-order valence-electron chi connectivity index (χ1n) is 11.0. The lowest BCUT2D eigenvalue weighted by molar-refractivity contribution is -0.136. The van der Waals surface area contributed by atoms with E-state index in [1.165, 1.54) is 18.4 Å². The number of allylic oxidation sites excluding steroid dienone is 2. The smallest absolute Gasteiger partial charge is 0.307 e. The molecule has 1 aromatic carbocycles. The number of nitrogens with zero attached hydrogens (tertiary/aromatic N) is 1. The van der Waals surface area contributed by atoms with E-state index in [0.29, 0.717) is 24.8 Å². The number of carboxylic acids is 1. The first-order chi connectivity index (χ1) is 15.6. The van der Waals surface area contributed by atoms with Crippen LogP contribution >= 0.6 is 22.9 Å². The van der Waals surface area contributed by atoms with E-state index in [9.17, 15) is 9.90 Å². The van der Waals surface area contributed by atoms with Crippen LogP contribution in [0, 0.1) is 6.92 Å². The van der Waals surface area contributed by atoms with E-state index in [-0.39, 0.29) is 6.42 Å². The Morgan fingerprint density at radius 3 is 2.70 bits per heavy atom. The molecule has 1 aromatic heterocycles. The van der Waals surface area contributed by atoms with Gasteiger partial charge in [0.2, 0.25) is 0 Å². The van der Waals surface area contributed by atoms with Gasteiger partial charge in [-0.2, -0.15) is 0 Å². The number of thiazole rings is 1. The number of benzene rings is 1. The summed E-state index contributed by atoms with van der Waals surface area (Å²) in [6.07, 6.45) is 8.06. The highest BCUT2D eigenvalue weighted by Crippen LogP contribution is 2.44. The van der Waals surface area contributed by atoms with E-state index in [2.05, 4.69) is 5.32 Å². The molecule has 8 heteroatoms. The normalized spacial score (nSPS) is 18.8. The maximum absolute atomic E-state index is 11.4. The molecular weight excluding hydrogens is 460 g/mol. The molecule has 1 saturated carbocycles. The molecule has 4 rings (SSSR count). The van der Waals surface area contributed by atoms with Crippen molar-refractivity contribution in [2.75, 3.05) is 13.2 Å². The number of ether oxygens (including phenoxy) is 1. The van der Waals surface area contributed by atoms with Crippen molar-refractivity contribution in [1.82, 2.24) is 10.3 Å².